The summed E-state index contributed by atoms with van der Waals surface area (Å²) in [4.78, 5) is 14.3. The van der Waals surface area contributed by atoms with Gasteiger partial charge in [-0.25, -0.2) is 0 Å². The number of morpholine rings is 1. The fourth-order valence-electron chi connectivity index (χ4n) is 2.38. The number of nitrogens with two attached hydrogens (primary N) is 1. The first-order chi connectivity index (χ1) is 9.60. The van der Waals surface area contributed by atoms with Crippen LogP contribution in [0.4, 0.5) is 11.4 Å². The molecule has 3 N–H and O–H groups in total. The maximum atomic E-state index is 12.1. The Morgan fingerprint density at radius 3 is 3.05 bits per heavy atom. The summed E-state index contributed by atoms with van der Waals surface area (Å²) in [5, 5.41) is 2.90. The molecule has 1 fully saturated rings. The number of ether oxygens (including phenoxy) is 1. The lowest BCUT2D eigenvalue weighted by molar-refractivity contribution is -0.119. The number of aryl methyl sites for hydroxylation is 1. The molecule has 1 aromatic carbocycles. The third-order valence-corrected chi connectivity index (χ3v) is 3.73. The predicted octanol–water partition coefficient (Wildman–Crippen LogP) is 1.63. The van der Waals surface area contributed by atoms with Crippen molar-refractivity contribution in [1.29, 1.82) is 0 Å². The molecule has 0 aliphatic carbocycles. The molecular weight excluding hydrogens is 254 g/mol. The molecule has 1 saturated heterocycles. The molecule has 1 unspecified atom stereocenters. The average molecular weight is 277 g/mol. The smallest absolute Gasteiger partial charge is 0.238 e. The zero-order valence-corrected chi connectivity index (χ0v) is 12.2. The second-order valence-electron chi connectivity index (χ2n) is 5.23. The van der Waals surface area contributed by atoms with E-state index in [1.165, 1.54) is 0 Å². The molecule has 110 valence electrons. The van der Waals surface area contributed by atoms with Crippen LogP contribution in [-0.2, 0) is 9.53 Å². The minimum atomic E-state index is -0.00592. The fraction of sp³-hybridized carbons (Fsp3) is 0.533. The zero-order chi connectivity index (χ0) is 14.5. The standard InChI is InChI=1S/C15H23N3O2/c1-3-13-10-20-7-6-18(13)9-15(19)17-12-5-4-11(2)14(16)8-12/h4-5,8,13H,3,6-7,9-10,16H2,1-2H3,(H,17,19). The third-order valence-electron chi connectivity index (χ3n) is 3.73. The Kier molecular flexibility index (Phi) is 4.98. The molecule has 1 aromatic rings. The summed E-state index contributed by atoms with van der Waals surface area (Å²) in [6.45, 7) is 6.67. The summed E-state index contributed by atoms with van der Waals surface area (Å²) in [7, 11) is 0. The Bertz CT molecular complexity index is 476. The molecule has 0 radical (unpaired) electrons. The molecule has 0 aromatic heterocycles. The van der Waals surface area contributed by atoms with E-state index in [0.717, 1.165) is 24.2 Å². The second kappa shape index (κ2) is 6.72. The average Bonchev–Trinajstić information content (AvgIpc) is 2.43. The number of rotatable bonds is 4. The van der Waals surface area contributed by atoms with E-state index in [4.69, 9.17) is 10.5 Å². The van der Waals surface area contributed by atoms with E-state index >= 15 is 0 Å². The molecule has 20 heavy (non-hydrogen) atoms. The predicted molar refractivity (Wildman–Crippen MR) is 80.7 cm³/mol. The lowest BCUT2D eigenvalue weighted by atomic mass is 10.1. The van der Waals surface area contributed by atoms with Crippen LogP contribution in [0.25, 0.3) is 0 Å². The van der Waals surface area contributed by atoms with Gasteiger partial charge in [0.2, 0.25) is 5.91 Å². The van der Waals surface area contributed by atoms with Gasteiger partial charge in [-0.1, -0.05) is 13.0 Å². The molecule has 1 aliphatic rings. The highest BCUT2D eigenvalue weighted by atomic mass is 16.5. The lowest BCUT2D eigenvalue weighted by Crippen LogP contribution is -2.48. The van der Waals surface area contributed by atoms with Gasteiger partial charge < -0.3 is 15.8 Å². The minimum absolute atomic E-state index is 0.00592. The number of amides is 1. The van der Waals surface area contributed by atoms with Crippen molar-refractivity contribution in [3.05, 3.63) is 23.8 Å². The quantitative estimate of drug-likeness (QED) is 0.821. The number of anilines is 2. The van der Waals surface area contributed by atoms with E-state index in [0.29, 0.717) is 31.5 Å². The van der Waals surface area contributed by atoms with Crippen molar-refractivity contribution in [2.75, 3.05) is 37.4 Å². The Hall–Kier alpha value is -1.59. The topological polar surface area (TPSA) is 67.6 Å². The van der Waals surface area contributed by atoms with E-state index in [2.05, 4.69) is 17.1 Å². The SMILES string of the molecule is CCC1COCCN1CC(=O)Nc1ccc(C)c(N)c1. The van der Waals surface area contributed by atoms with Crippen molar-refractivity contribution in [1.82, 2.24) is 4.90 Å². The Balaban J connectivity index is 1.92. The maximum absolute atomic E-state index is 12.1. The first kappa shape index (κ1) is 14.8. The third kappa shape index (κ3) is 3.71. The van der Waals surface area contributed by atoms with Crippen LogP contribution in [-0.4, -0.2) is 43.2 Å². The normalized spacial score (nSPS) is 19.8. The van der Waals surface area contributed by atoms with Crippen LogP contribution in [0.5, 0.6) is 0 Å². The molecule has 0 bridgehead atoms. The summed E-state index contributed by atoms with van der Waals surface area (Å²) < 4.78 is 5.44. The molecule has 0 saturated carbocycles. The van der Waals surface area contributed by atoms with Crippen molar-refractivity contribution < 1.29 is 9.53 Å². The molecule has 1 amide bonds. The largest absolute Gasteiger partial charge is 0.398 e. The number of carbonyl (C=O) groups excluding carboxylic acids is 1. The summed E-state index contributed by atoms with van der Waals surface area (Å²) in [5.74, 6) is -0.00592. The Morgan fingerprint density at radius 2 is 2.35 bits per heavy atom. The van der Waals surface area contributed by atoms with Gasteiger partial charge in [0, 0.05) is 24.0 Å². The van der Waals surface area contributed by atoms with Gasteiger partial charge in [0.1, 0.15) is 0 Å². The lowest BCUT2D eigenvalue weighted by Gasteiger charge is -2.34. The van der Waals surface area contributed by atoms with Gasteiger partial charge in [0.25, 0.3) is 0 Å². The van der Waals surface area contributed by atoms with E-state index in [1.54, 1.807) is 6.07 Å². The van der Waals surface area contributed by atoms with Crippen LogP contribution in [0.2, 0.25) is 0 Å². The van der Waals surface area contributed by atoms with Crippen molar-refractivity contribution in [2.24, 2.45) is 0 Å². The van der Waals surface area contributed by atoms with Crippen LogP contribution in [0, 0.1) is 6.92 Å². The summed E-state index contributed by atoms with van der Waals surface area (Å²) in [6.07, 6.45) is 0.991. The highest BCUT2D eigenvalue weighted by molar-refractivity contribution is 5.92. The summed E-state index contributed by atoms with van der Waals surface area (Å²) in [6, 6.07) is 5.91. The first-order valence-electron chi connectivity index (χ1n) is 7.08. The number of hydrogen-bond donors (Lipinski definition) is 2. The number of benzene rings is 1. The molecule has 2 rings (SSSR count). The van der Waals surface area contributed by atoms with Gasteiger partial charge in [-0.05, 0) is 31.0 Å². The van der Waals surface area contributed by atoms with Gasteiger partial charge in [0.05, 0.1) is 19.8 Å². The number of nitrogens with zero attached hydrogens (tertiary/aromatic N) is 1. The Labute approximate surface area is 120 Å². The fourth-order valence-corrected chi connectivity index (χ4v) is 2.38. The first-order valence-corrected chi connectivity index (χ1v) is 7.08. The monoisotopic (exact) mass is 277 g/mol. The van der Waals surface area contributed by atoms with E-state index < -0.39 is 0 Å². The Morgan fingerprint density at radius 1 is 1.55 bits per heavy atom. The van der Waals surface area contributed by atoms with Crippen LogP contribution < -0.4 is 11.1 Å². The van der Waals surface area contributed by atoms with E-state index in [-0.39, 0.29) is 5.91 Å². The van der Waals surface area contributed by atoms with Crippen LogP contribution in [0.1, 0.15) is 18.9 Å². The zero-order valence-electron chi connectivity index (χ0n) is 12.2. The van der Waals surface area contributed by atoms with Crippen molar-refractivity contribution in [3.63, 3.8) is 0 Å². The summed E-state index contributed by atoms with van der Waals surface area (Å²) >= 11 is 0. The van der Waals surface area contributed by atoms with Gasteiger partial charge in [-0.15, -0.1) is 0 Å². The summed E-state index contributed by atoms with van der Waals surface area (Å²) in [5.41, 5.74) is 8.31. The molecule has 1 aliphatic heterocycles. The number of nitrogen functional groups attached to an aromatic ring is 1. The molecule has 1 heterocycles. The molecule has 0 spiro atoms. The van der Waals surface area contributed by atoms with Crippen molar-refractivity contribution in [2.45, 2.75) is 26.3 Å². The van der Waals surface area contributed by atoms with Crippen molar-refractivity contribution in [3.8, 4) is 0 Å². The highest BCUT2D eigenvalue weighted by Crippen LogP contribution is 2.17. The number of hydrogen-bond acceptors (Lipinski definition) is 4. The highest BCUT2D eigenvalue weighted by Gasteiger charge is 2.23. The van der Waals surface area contributed by atoms with Gasteiger partial charge in [0.15, 0.2) is 0 Å². The van der Waals surface area contributed by atoms with E-state index in [9.17, 15) is 4.79 Å². The number of carbonyl (C=O) groups is 1. The van der Waals surface area contributed by atoms with Crippen LogP contribution in [0.15, 0.2) is 18.2 Å². The second-order valence-corrected chi connectivity index (χ2v) is 5.23. The maximum Gasteiger partial charge on any atom is 0.238 e. The van der Waals surface area contributed by atoms with E-state index in [1.807, 2.05) is 19.1 Å². The van der Waals surface area contributed by atoms with Gasteiger partial charge in [-0.2, -0.15) is 0 Å². The van der Waals surface area contributed by atoms with Crippen LogP contribution in [0.3, 0.4) is 0 Å². The molecule has 1 atom stereocenters. The van der Waals surface area contributed by atoms with Crippen molar-refractivity contribution >= 4 is 17.3 Å². The molecular formula is C15H23N3O2. The van der Waals surface area contributed by atoms with Gasteiger partial charge in [-0.3, -0.25) is 9.69 Å². The minimum Gasteiger partial charge on any atom is -0.398 e. The molecule has 5 nitrogen and oxygen atoms in total. The van der Waals surface area contributed by atoms with Crippen LogP contribution >= 0.6 is 0 Å². The van der Waals surface area contributed by atoms with Gasteiger partial charge >= 0.3 is 0 Å². The molecule has 5 heteroatoms. The number of nitrogens with one attached hydrogen (secondary N) is 1.